The molecule has 0 radical (unpaired) electrons. The van der Waals surface area contributed by atoms with Gasteiger partial charge in [-0.2, -0.15) is 15.0 Å². The lowest BCUT2D eigenvalue weighted by molar-refractivity contribution is 0.818. The van der Waals surface area contributed by atoms with E-state index in [1.165, 1.54) is 0 Å². The molecular formula is C10H15N7. The molecule has 0 spiro atoms. The van der Waals surface area contributed by atoms with Gasteiger partial charge in [-0.05, 0) is 6.42 Å². The molecule has 0 aliphatic carbocycles. The summed E-state index contributed by atoms with van der Waals surface area (Å²) < 4.78 is 0. The summed E-state index contributed by atoms with van der Waals surface area (Å²) in [7, 11) is 0. The van der Waals surface area contributed by atoms with Crippen LogP contribution >= 0.6 is 0 Å². The van der Waals surface area contributed by atoms with E-state index in [4.69, 9.17) is 5.73 Å². The maximum absolute atomic E-state index is 5.61. The van der Waals surface area contributed by atoms with Gasteiger partial charge in [0.25, 0.3) is 0 Å². The lowest BCUT2D eigenvalue weighted by Gasteiger charge is -2.05. The number of hydrogen-bond donors (Lipinski definition) is 3. The number of anilines is 2. The Hall–Kier alpha value is -2.18. The number of aromatic nitrogens is 5. The van der Waals surface area contributed by atoms with Crippen LogP contribution in [-0.4, -0.2) is 24.9 Å². The van der Waals surface area contributed by atoms with Gasteiger partial charge in [0.2, 0.25) is 11.9 Å². The van der Waals surface area contributed by atoms with Crippen molar-refractivity contribution in [2.24, 2.45) is 0 Å². The first-order valence-electron chi connectivity index (χ1n) is 5.50. The Morgan fingerprint density at radius 3 is 2.94 bits per heavy atom. The number of nitrogens with one attached hydrogen (secondary N) is 2. The molecule has 2 rings (SSSR count). The molecule has 7 nitrogen and oxygen atoms in total. The number of nitrogens with zero attached hydrogens (tertiary/aromatic N) is 4. The molecule has 2 aromatic rings. The molecule has 0 aliphatic heterocycles. The van der Waals surface area contributed by atoms with Gasteiger partial charge >= 0.3 is 0 Å². The van der Waals surface area contributed by atoms with Crippen LogP contribution in [-0.2, 0) is 13.0 Å². The summed E-state index contributed by atoms with van der Waals surface area (Å²) >= 11 is 0. The second-order valence-electron chi connectivity index (χ2n) is 3.57. The summed E-state index contributed by atoms with van der Waals surface area (Å²) in [5, 5.41) is 3.05. The zero-order valence-electron chi connectivity index (χ0n) is 9.64. The van der Waals surface area contributed by atoms with Crippen LogP contribution in [0.5, 0.6) is 0 Å². The monoisotopic (exact) mass is 233 g/mol. The van der Waals surface area contributed by atoms with E-state index in [1.54, 1.807) is 12.4 Å². The summed E-state index contributed by atoms with van der Waals surface area (Å²) in [4.78, 5) is 19.4. The minimum Gasteiger partial charge on any atom is -0.368 e. The maximum Gasteiger partial charge on any atom is 0.228 e. The zero-order chi connectivity index (χ0) is 12.1. The molecule has 2 aromatic heterocycles. The smallest absolute Gasteiger partial charge is 0.228 e. The standard InChI is InChI=1S/C10H15N7/c1-2-3-7-15-9(11)17-10(16-7)14-6-8-12-4-5-13-8/h4-5H,2-3,6H2,1H3,(H,12,13)(H3,11,14,15,16,17). The molecule has 7 heteroatoms. The Kier molecular flexibility index (Phi) is 3.49. The molecule has 0 saturated heterocycles. The summed E-state index contributed by atoms with van der Waals surface area (Å²) in [6.07, 6.45) is 5.23. The Morgan fingerprint density at radius 2 is 2.24 bits per heavy atom. The van der Waals surface area contributed by atoms with E-state index in [0.29, 0.717) is 18.3 Å². The van der Waals surface area contributed by atoms with E-state index in [-0.39, 0.29) is 5.95 Å². The third kappa shape index (κ3) is 3.13. The maximum atomic E-state index is 5.61. The van der Waals surface area contributed by atoms with Crippen LogP contribution < -0.4 is 11.1 Å². The number of hydrogen-bond acceptors (Lipinski definition) is 6. The predicted molar refractivity (Wildman–Crippen MR) is 64.1 cm³/mol. The van der Waals surface area contributed by atoms with Crippen molar-refractivity contribution >= 4 is 11.9 Å². The van der Waals surface area contributed by atoms with Crippen molar-refractivity contribution < 1.29 is 0 Å². The minimum absolute atomic E-state index is 0.241. The fraction of sp³-hybridized carbons (Fsp3) is 0.400. The van der Waals surface area contributed by atoms with E-state index < -0.39 is 0 Å². The molecule has 0 unspecified atom stereocenters. The molecule has 0 fully saturated rings. The van der Waals surface area contributed by atoms with Gasteiger partial charge < -0.3 is 16.0 Å². The second-order valence-corrected chi connectivity index (χ2v) is 3.57. The molecule has 17 heavy (non-hydrogen) atoms. The minimum atomic E-state index is 0.241. The van der Waals surface area contributed by atoms with Crippen molar-refractivity contribution in [1.82, 2.24) is 24.9 Å². The van der Waals surface area contributed by atoms with Gasteiger partial charge in [-0.3, -0.25) is 0 Å². The highest BCUT2D eigenvalue weighted by Gasteiger charge is 2.04. The van der Waals surface area contributed by atoms with E-state index in [1.807, 2.05) is 0 Å². The van der Waals surface area contributed by atoms with Crippen molar-refractivity contribution in [3.05, 3.63) is 24.0 Å². The van der Waals surface area contributed by atoms with Gasteiger partial charge in [0.15, 0.2) is 0 Å². The quantitative estimate of drug-likeness (QED) is 0.703. The molecule has 0 amide bonds. The Balaban J connectivity index is 2.04. The zero-order valence-corrected chi connectivity index (χ0v) is 9.64. The molecule has 0 aliphatic rings. The van der Waals surface area contributed by atoms with Crippen molar-refractivity contribution in [2.45, 2.75) is 26.3 Å². The van der Waals surface area contributed by atoms with Gasteiger partial charge in [-0.25, -0.2) is 4.98 Å². The third-order valence-corrected chi connectivity index (χ3v) is 2.14. The van der Waals surface area contributed by atoms with Gasteiger partial charge in [-0.15, -0.1) is 0 Å². The first-order chi connectivity index (χ1) is 8.28. The first kappa shape index (κ1) is 11.3. The number of nitrogen functional groups attached to an aromatic ring is 1. The van der Waals surface area contributed by atoms with Crippen LogP contribution in [0.25, 0.3) is 0 Å². The summed E-state index contributed by atoms with van der Waals surface area (Å²) in [6, 6.07) is 0. The van der Waals surface area contributed by atoms with Crippen molar-refractivity contribution in [3.63, 3.8) is 0 Å². The van der Waals surface area contributed by atoms with Gasteiger partial charge in [-0.1, -0.05) is 6.92 Å². The van der Waals surface area contributed by atoms with E-state index in [9.17, 15) is 0 Å². The molecule has 0 atom stereocenters. The number of aromatic amines is 1. The largest absolute Gasteiger partial charge is 0.368 e. The Bertz CT molecular complexity index is 466. The number of rotatable bonds is 5. The van der Waals surface area contributed by atoms with Gasteiger partial charge in [0.1, 0.15) is 11.6 Å². The molecule has 0 aromatic carbocycles. The molecule has 2 heterocycles. The lowest BCUT2D eigenvalue weighted by atomic mass is 10.3. The third-order valence-electron chi connectivity index (χ3n) is 2.14. The Morgan fingerprint density at radius 1 is 1.35 bits per heavy atom. The highest BCUT2D eigenvalue weighted by atomic mass is 15.2. The predicted octanol–water partition coefficient (Wildman–Crippen LogP) is 0.741. The number of nitrogens with two attached hydrogens (primary N) is 1. The van der Waals surface area contributed by atoms with E-state index in [2.05, 4.69) is 37.2 Å². The van der Waals surface area contributed by atoms with Crippen molar-refractivity contribution in [1.29, 1.82) is 0 Å². The van der Waals surface area contributed by atoms with Crippen LogP contribution in [0.1, 0.15) is 25.0 Å². The molecule has 90 valence electrons. The van der Waals surface area contributed by atoms with Crippen LogP contribution in [0.15, 0.2) is 12.4 Å². The fourth-order valence-corrected chi connectivity index (χ4v) is 1.41. The summed E-state index contributed by atoms with van der Waals surface area (Å²) in [6.45, 7) is 2.60. The first-order valence-corrected chi connectivity index (χ1v) is 5.50. The van der Waals surface area contributed by atoms with E-state index >= 15 is 0 Å². The van der Waals surface area contributed by atoms with E-state index in [0.717, 1.165) is 18.7 Å². The van der Waals surface area contributed by atoms with Crippen molar-refractivity contribution in [2.75, 3.05) is 11.1 Å². The average molecular weight is 233 g/mol. The highest BCUT2D eigenvalue weighted by molar-refractivity contribution is 5.31. The number of imidazole rings is 1. The number of H-pyrrole nitrogens is 1. The number of aryl methyl sites for hydroxylation is 1. The second kappa shape index (κ2) is 5.24. The average Bonchev–Trinajstić information content (AvgIpc) is 2.79. The van der Waals surface area contributed by atoms with Crippen LogP contribution in [0.2, 0.25) is 0 Å². The van der Waals surface area contributed by atoms with Crippen molar-refractivity contribution in [3.8, 4) is 0 Å². The van der Waals surface area contributed by atoms with Crippen LogP contribution in [0.4, 0.5) is 11.9 Å². The summed E-state index contributed by atoms with van der Waals surface area (Å²) in [5.41, 5.74) is 5.61. The Labute approximate surface area is 98.9 Å². The molecule has 4 N–H and O–H groups in total. The van der Waals surface area contributed by atoms with Crippen LogP contribution in [0, 0.1) is 0 Å². The molecule has 0 saturated carbocycles. The normalized spacial score (nSPS) is 10.4. The SMILES string of the molecule is CCCc1nc(N)nc(NCc2ncc[nH]2)n1. The fourth-order valence-electron chi connectivity index (χ4n) is 1.41. The van der Waals surface area contributed by atoms with Crippen LogP contribution in [0.3, 0.4) is 0 Å². The highest BCUT2D eigenvalue weighted by Crippen LogP contribution is 2.05. The topological polar surface area (TPSA) is 105 Å². The molecular weight excluding hydrogens is 218 g/mol. The molecule has 0 bridgehead atoms. The van der Waals surface area contributed by atoms with Gasteiger partial charge in [0.05, 0.1) is 6.54 Å². The summed E-state index contributed by atoms with van der Waals surface area (Å²) in [5.74, 6) is 2.26. The van der Waals surface area contributed by atoms with Gasteiger partial charge in [0, 0.05) is 18.8 Å². The lowest BCUT2D eigenvalue weighted by Crippen LogP contribution is -2.10.